The predicted molar refractivity (Wildman–Crippen MR) is 75.2 cm³/mol. The highest BCUT2D eigenvalue weighted by molar-refractivity contribution is 6.20. The molecular weight excluding hydrogens is 334 g/mol. The zero-order valence-electron chi connectivity index (χ0n) is 12.7. The first kappa shape index (κ1) is 19.0. The molecule has 0 aromatic rings. The van der Waals surface area contributed by atoms with Crippen LogP contribution >= 0.6 is 11.6 Å². The molecule has 1 rings (SSSR count). The number of rotatable bonds is 5. The highest BCUT2D eigenvalue weighted by Gasteiger charge is 2.49. The summed E-state index contributed by atoms with van der Waals surface area (Å²) < 4.78 is 20.4. The van der Waals surface area contributed by atoms with Crippen molar-refractivity contribution in [1.82, 2.24) is 0 Å². The Labute approximate surface area is 136 Å². The van der Waals surface area contributed by atoms with Gasteiger partial charge in [0.25, 0.3) is 0 Å². The molecule has 0 radical (unpaired) electrons. The molecule has 0 aliphatic carbocycles. The van der Waals surface area contributed by atoms with Crippen molar-refractivity contribution >= 4 is 29.5 Å². The quantitative estimate of drug-likeness (QED) is 0.180. The average Bonchev–Trinajstić information content (AvgIpc) is 2.42. The summed E-state index contributed by atoms with van der Waals surface area (Å²) in [7, 11) is 0. The summed E-state index contributed by atoms with van der Waals surface area (Å²) in [5.74, 6) is -1.96. The number of hydrogen-bond acceptors (Lipinski definition) is 8. The lowest BCUT2D eigenvalue weighted by Gasteiger charge is -2.41. The molecule has 1 aliphatic rings. The standard InChI is InChI=1S/C12H16ClN3O7/c1-5(17)20-4-8-10(21-6(2)18)11(22-7(3)19)9(15-16-14)12(13)23-8/h8-12H,4H2,1-3H3/t8-,9-,10-,11-,12-/m1/s1. The molecule has 0 saturated carbocycles. The molecule has 1 fully saturated rings. The summed E-state index contributed by atoms with van der Waals surface area (Å²) >= 11 is 5.99. The van der Waals surface area contributed by atoms with Crippen molar-refractivity contribution in [1.29, 1.82) is 0 Å². The summed E-state index contributed by atoms with van der Waals surface area (Å²) in [5.41, 5.74) is 7.46. The van der Waals surface area contributed by atoms with E-state index in [4.69, 9.17) is 36.1 Å². The third-order valence-corrected chi connectivity index (χ3v) is 3.20. The minimum absolute atomic E-state index is 0.281. The van der Waals surface area contributed by atoms with Gasteiger partial charge in [-0.3, -0.25) is 14.4 Å². The van der Waals surface area contributed by atoms with E-state index in [0.29, 0.717) is 0 Å². The van der Waals surface area contributed by atoms with E-state index in [1.165, 1.54) is 6.92 Å². The summed E-state index contributed by atoms with van der Waals surface area (Å²) in [4.78, 5) is 36.2. The molecule has 10 nitrogen and oxygen atoms in total. The molecule has 1 aliphatic heterocycles. The average molecular weight is 350 g/mol. The number of hydrogen-bond donors (Lipinski definition) is 0. The van der Waals surface area contributed by atoms with Crippen LogP contribution in [0, 0.1) is 0 Å². The van der Waals surface area contributed by atoms with Gasteiger partial charge in [-0.25, -0.2) is 0 Å². The van der Waals surface area contributed by atoms with E-state index in [1.807, 2.05) is 0 Å². The molecule has 0 N–H and O–H groups in total. The van der Waals surface area contributed by atoms with Crippen molar-refractivity contribution in [2.75, 3.05) is 6.61 Å². The number of alkyl halides is 1. The van der Waals surface area contributed by atoms with E-state index in [1.54, 1.807) is 0 Å². The molecule has 128 valence electrons. The van der Waals surface area contributed by atoms with Crippen LogP contribution in [0.25, 0.3) is 10.4 Å². The third kappa shape index (κ3) is 5.59. The molecule has 0 spiro atoms. The Morgan fingerprint density at radius 1 is 1.13 bits per heavy atom. The maximum atomic E-state index is 11.3. The van der Waals surface area contributed by atoms with E-state index in [9.17, 15) is 14.4 Å². The highest BCUT2D eigenvalue weighted by atomic mass is 35.5. The van der Waals surface area contributed by atoms with Gasteiger partial charge < -0.3 is 18.9 Å². The van der Waals surface area contributed by atoms with Crippen LogP contribution in [0.4, 0.5) is 0 Å². The molecule has 1 saturated heterocycles. The first-order valence-electron chi connectivity index (χ1n) is 6.57. The van der Waals surface area contributed by atoms with E-state index in [0.717, 1.165) is 13.8 Å². The zero-order chi connectivity index (χ0) is 17.6. The normalized spacial score (nSPS) is 29.8. The fraction of sp³-hybridized carbons (Fsp3) is 0.750. The Morgan fingerprint density at radius 2 is 1.70 bits per heavy atom. The Balaban J connectivity index is 3.11. The molecule has 0 unspecified atom stereocenters. The molecule has 0 aromatic heterocycles. The van der Waals surface area contributed by atoms with Gasteiger partial charge >= 0.3 is 17.9 Å². The number of azide groups is 1. The van der Waals surface area contributed by atoms with Gasteiger partial charge in [0.1, 0.15) is 24.3 Å². The van der Waals surface area contributed by atoms with Crippen molar-refractivity contribution < 1.29 is 33.3 Å². The van der Waals surface area contributed by atoms with E-state index >= 15 is 0 Å². The SMILES string of the molecule is CC(=O)OC[C@H]1O[C@@H](Cl)[C@H](N=[N+]=[N-])[C@@H](OC(C)=O)[C@@H]1OC(C)=O. The van der Waals surface area contributed by atoms with Crippen LogP contribution in [0.2, 0.25) is 0 Å². The predicted octanol–water partition coefficient (Wildman–Crippen LogP) is 1.06. The molecule has 23 heavy (non-hydrogen) atoms. The topological polar surface area (TPSA) is 137 Å². The van der Waals surface area contributed by atoms with Gasteiger partial charge in [-0.05, 0) is 5.53 Å². The van der Waals surface area contributed by atoms with Crippen molar-refractivity contribution in [3.8, 4) is 0 Å². The van der Waals surface area contributed by atoms with Gasteiger partial charge in [0.15, 0.2) is 12.2 Å². The van der Waals surface area contributed by atoms with Crippen LogP contribution in [0.15, 0.2) is 5.11 Å². The van der Waals surface area contributed by atoms with Crippen LogP contribution in [-0.4, -0.2) is 54.4 Å². The van der Waals surface area contributed by atoms with Crippen molar-refractivity contribution in [2.45, 2.75) is 50.7 Å². The highest BCUT2D eigenvalue weighted by Crippen LogP contribution is 2.30. The van der Waals surface area contributed by atoms with Gasteiger partial charge in [0.2, 0.25) is 0 Å². The Kier molecular flexibility index (Phi) is 7.08. The third-order valence-electron chi connectivity index (χ3n) is 2.84. The number of esters is 3. The first-order valence-corrected chi connectivity index (χ1v) is 7.01. The van der Waals surface area contributed by atoms with Crippen molar-refractivity contribution in [3.05, 3.63) is 10.4 Å². The molecule has 11 heteroatoms. The lowest BCUT2D eigenvalue weighted by atomic mass is 9.98. The van der Waals surface area contributed by atoms with E-state index < -0.39 is 47.8 Å². The van der Waals surface area contributed by atoms with Gasteiger partial charge in [-0.1, -0.05) is 16.7 Å². The number of ether oxygens (including phenoxy) is 4. The van der Waals surface area contributed by atoms with E-state index in [2.05, 4.69) is 10.0 Å². The molecule has 0 amide bonds. The second-order valence-corrected chi connectivity index (χ2v) is 5.10. The molecule has 5 atom stereocenters. The summed E-state index contributed by atoms with van der Waals surface area (Å²) in [6.45, 7) is 3.19. The second-order valence-electron chi connectivity index (χ2n) is 4.67. The fourth-order valence-electron chi connectivity index (χ4n) is 2.05. The summed E-state index contributed by atoms with van der Waals surface area (Å²) in [6, 6.07) is -1.12. The monoisotopic (exact) mass is 349 g/mol. The lowest BCUT2D eigenvalue weighted by molar-refractivity contribution is -0.209. The molecule has 1 heterocycles. The minimum atomic E-state index is -1.18. The summed E-state index contributed by atoms with van der Waals surface area (Å²) in [6.07, 6.45) is -3.31. The van der Waals surface area contributed by atoms with Crippen molar-refractivity contribution in [3.63, 3.8) is 0 Å². The molecule has 0 aromatic carbocycles. The van der Waals surface area contributed by atoms with Gasteiger partial charge in [-0.15, -0.1) is 0 Å². The summed E-state index contributed by atoms with van der Waals surface area (Å²) in [5, 5.41) is 3.43. The van der Waals surface area contributed by atoms with Crippen LogP contribution in [0.5, 0.6) is 0 Å². The van der Waals surface area contributed by atoms with Gasteiger partial charge in [-0.2, -0.15) is 0 Å². The zero-order valence-corrected chi connectivity index (χ0v) is 13.4. The van der Waals surface area contributed by atoms with Crippen LogP contribution < -0.4 is 0 Å². The van der Waals surface area contributed by atoms with Crippen LogP contribution in [0.1, 0.15) is 20.8 Å². The van der Waals surface area contributed by atoms with E-state index in [-0.39, 0.29) is 6.61 Å². The minimum Gasteiger partial charge on any atom is -0.463 e. The maximum Gasteiger partial charge on any atom is 0.303 e. The number of carbonyl (C=O) groups is 3. The Hall–Kier alpha value is -2.03. The number of halogens is 1. The first-order chi connectivity index (χ1) is 10.8. The molecule has 0 bridgehead atoms. The largest absolute Gasteiger partial charge is 0.463 e. The van der Waals surface area contributed by atoms with Crippen LogP contribution in [0.3, 0.4) is 0 Å². The maximum absolute atomic E-state index is 11.3. The number of carbonyl (C=O) groups excluding carboxylic acids is 3. The Bertz CT molecular complexity index is 523. The molecular formula is C12H16ClN3O7. The smallest absolute Gasteiger partial charge is 0.303 e. The van der Waals surface area contributed by atoms with Crippen LogP contribution in [-0.2, 0) is 33.3 Å². The number of nitrogens with zero attached hydrogens (tertiary/aromatic N) is 3. The van der Waals surface area contributed by atoms with Crippen molar-refractivity contribution in [2.24, 2.45) is 5.11 Å². The van der Waals surface area contributed by atoms with Gasteiger partial charge in [0, 0.05) is 25.7 Å². The second kappa shape index (κ2) is 8.56. The Morgan fingerprint density at radius 3 is 2.17 bits per heavy atom. The lowest BCUT2D eigenvalue weighted by Crippen LogP contribution is -2.59. The fourth-order valence-corrected chi connectivity index (χ4v) is 2.38. The van der Waals surface area contributed by atoms with Gasteiger partial charge in [0.05, 0.1) is 0 Å².